The molecule has 3 amide bonds. The predicted octanol–water partition coefficient (Wildman–Crippen LogP) is 4.17. The fraction of sp³-hybridized carbons (Fsp3) is 0.200. The first-order valence-electron chi connectivity index (χ1n) is 11.1. The van der Waals surface area contributed by atoms with E-state index >= 15 is 0 Å². The number of aromatic nitrogens is 2. The summed E-state index contributed by atoms with van der Waals surface area (Å²) in [4.78, 5) is 37.7. The number of nitrogens with zero attached hydrogens (tertiary/aromatic N) is 4. The maximum absolute atomic E-state index is 13.6. The van der Waals surface area contributed by atoms with Gasteiger partial charge in [-0.3, -0.25) is 14.6 Å². The number of phenols is 1. The Morgan fingerprint density at radius 3 is 2.71 bits per heavy atom. The molecule has 0 saturated heterocycles. The van der Waals surface area contributed by atoms with Gasteiger partial charge in [-0.1, -0.05) is 18.7 Å². The van der Waals surface area contributed by atoms with Crippen LogP contribution in [0.3, 0.4) is 0 Å². The van der Waals surface area contributed by atoms with Crippen LogP contribution in [0.5, 0.6) is 11.5 Å². The molecule has 0 unspecified atom stereocenters. The number of carbonyl (C=O) groups excluding carboxylic acids is 2. The normalized spacial score (nSPS) is 14.8. The molecule has 2 heterocycles. The van der Waals surface area contributed by atoms with Crippen molar-refractivity contribution >= 4 is 40.8 Å². The van der Waals surface area contributed by atoms with Crippen molar-refractivity contribution in [2.75, 3.05) is 27.5 Å². The molecule has 10 heteroatoms. The van der Waals surface area contributed by atoms with Crippen molar-refractivity contribution < 1.29 is 19.4 Å². The number of anilines is 5. The molecule has 2 aromatic carbocycles. The molecule has 1 saturated carbocycles. The molecule has 178 valence electrons. The van der Waals surface area contributed by atoms with Gasteiger partial charge in [0.2, 0.25) is 11.9 Å². The zero-order chi connectivity index (χ0) is 24.5. The second-order valence-corrected chi connectivity index (χ2v) is 8.27. The summed E-state index contributed by atoms with van der Waals surface area (Å²) in [6, 6.07) is 11.7. The third kappa shape index (κ3) is 4.45. The van der Waals surface area contributed by atoms with E-state index in [-0.39, 0.29) is 30.3 Å². The van der Waals surface area contributed by atoms with E-state index in [9.17, 15) is 14.7 Å². The van der Waals surface area contributed by atoms with Crippen LogP contribution in [0.1, 0.15) is 18.4 Å². The molecule has 1 fully saturated rings. The van der Waals surface area contributed by atoms with Gasteiger partial charge in [-0.25, -0.2) is 9.78 Å². The number of urea groups is 1. The molecule has 0 bridgehead atoms. The molecule has 0 atom stereocenters. The molecular formula is C25H24N6O4. The number of rotatable bonds is 7. The Morgan fingerprint density at radius 1 is 1.23 bits per heavy atom. The molecule has 0 radical (unpaired) electrons. The molecule has 10 nitrogen and oxygen atoms in total. The van der Waals surface area contributed by atoms with E-state index in [1.54, 1.807) is 40.3 Å². The van der Waals surface area contributed by atoms with Gasteiger partial charge in [0.1, 0.15) is 17.3 Å². The van der Waals surface area contributed by atoms with Crippen LogP contribution >= 0.6 is 0 Å². The quantitative estimate of drug-likeness (QED) is 0.442. The van der Waals surface area contributed by atoms with Crippen LogP contribution in [0.2, 0.25) is 0 Å². The minimum Gasteiger partial charge on any atom is -0.508 e. The third-order valence-corrected chi connectivity index (χ3v) is 5.79. The second kappa shape index (κ2) is 8.98. The SMILES string of the molecule is C=CC(=O)Nc1ccccc1Nc1ncc2c(n1)N(C1CC1)C(=O)N(c1cc(O)cc(OC)c1)C2. The van der Waals surface area contributed by atoms with E-state index in [0.717, 1.165) is 18.4 Å². The molecule has 35 heavy (non-hydrogen) atoms. The largest absolute Gasteiger partial charge is 0.508 e. The third-order valence-electron chi connectivity index (χ3n) is 5.79. The smallest absolute Gasteiger partial charge is 0.330 e. The molecule has 1 aliphatic carbocycles. The van der Waals surface area contributed by atoms with Gasteiger partial charge < -0.3 is 20.5 Å². The number of hydrogen-bond donors (Lipinski definition) is 3. The van der Waals surface area contributed by atoms with E-state index in [4.69, 9.17) is 4.74 Å². The summed E-state index contributed by atoms with van der Waals surface area (Å²) in [7, 11) is 1.51. The van der Waals surface area contributed by atoms with Crippen molar-refractivity contribution in [1.29, 1.82) is 0 Å². The zero-order valence-electron chi connectivity index (χ0n) is 19.1. The molecule has 2 aliphatic rings. The van der Waals surface area contributed by atoms with Crippen LogP contribution in [-0.2, 0) is 11.3 Å². The number of benzene rings is 2. The van der Waals surface area contributed by atoms with Crippen molar-refractivity contribution in [2.45, 2.75) is 25.4 Å². The number of phenolic OH excluding ortho intramolecular Hbond substituents is 1. The molecule has 3 N–H and O–H groups in total. The van der Waals surface area contributed by atoms with Crippen LogP contribution in [0.4, 0.5) is 33.6 Å². The average Bonchev–Trinajstić information content (AvgIpc) is 3.69. The first kappa shape index (κ1) is 22.2. The standard InChI is InChI=1S/C25H24N6O4/c1-3-22(33)27-20-6-4-5-7-21(20)28-24-26-13-15-14-30(17-10-18(32)12-19(11-17)35-2)25(34)31(16-8-9-16)23(15)29-24/h3-7,10-13,16,32H,1,8-9,14H2,2H3,(H,27,33)(H,26,28,29). The van der Waals surface area contributed by atoms with E-state index in [0.29, 0.717) is 34.6 Å². The van der Waals surface area contributed by atoms with Crippen molar-refractivity contribution in [2.24, 2.45) is 0 Å². The fourth-order valence-corrected chi connectivity index (χ4v) is 3.95. The van der Waals surface area contributed by atoms with Gasteiger partial charge in [-0.05, 0) is 31.1 Å². The summed E-state index contributed by atoms with van der Waals surface area (Å²) in [6.07, 6.45) is 4.64. The Labute approximate surface area is 201 Å². The summed E-state index contributed by atoms with van der Waals surface area (Å²) in [6.45, 7) is 3.73. The summed E-state index contributed by atoms with van der Waals surface area (Å²) in [5.41, 5.74) is 2.46. The van der Waals surface area contributed by atoms with Gasteiger partial charge >= 0.3 is 6.03 Å². The first-order chi connectivity index (χ1) is 17.0. The van der Waals surface area contributed by atoms with E-state index < -0.39 is 0 Å². The Kier molecular flexibility index (Phi) is 5.69. The number of aromatic hydroxyl groups is 1. The van der Waals surface area contributed by atoms with Gasteiger partial charge in [0.05, 0.1) is 30.7 Å². The Balaban J connectivity index is 1.48. The average molecular weight is 473 g/mol. The summed E-state index contributed by atoms with van der Waals surface area (Å²) in [5, 5.41) is 16.0. The topological polar surface area (TPSA) is 120 Å². The molecule has 1 aliphatic heterocycles. The molecule has 0 spiro atoms. The lowest BCUT2D eigenvalue weighted by Crippen LogP contribution is -2.49. The van der Waals surface area contributed by atoms with Crippen molar-refractivity contribution in [3.05, 3.63) is 66.9 Å². The van der Waals surface area contributed by atoms with Gasteiger partial charge in [0, 0.05) is 36.0 Å². The number of hydrogen-bond acceptors (Lipinski definition) is 7. The summed E-state index contributed by atoms with van der Waals surface area (Å²) >= 11 is 0. The highest BCUT2D eigenvalue weighted by Gasteiger charge is 2.42. The van der Waals surface area contributed by atoms with Crippen molar-refractivity contribution in [1.82, 2.24) is 9.97 Å². The maximum atomic E-state index is 13.6. The van der Waals surface area contributed by atoms with Gasteiger partial charge in [-0.15, -0.1) is 0 Å². The van der Waals surface area contributed by atoms with E-state index in [1.807, 2.05) is 6.07 Å². The second-order valence-electron chi connectivity index (χ2n) is 8.27. The number of para-hydroxylation sites is 2. The van der Waals surface area contributed by atoms with Crippen molar-refractivity contribution in [3.63, 3.8) is 0 Å². The summed E-state index contributed by atoms with van der Waals surface area (Å²) in [5.74, 6) is 0.976. The van der Waals surface area contributed by atoms with Crippen LogP contribution in [0.25, 0.3) is 0 Å². The highest BCUT2D eigenvalue weighted by molar-refractivity contribution is 6.06. The number of amides is 3. The first-order valence-corrected chi connectivity index (χ1v) is 11.1. The Hall–Kier alpha value is -4.60. The van der Waals surface area contributed by atoms with E-state index in [1.165, 1.54) is 25.3 Å². The number of nitrogens with one attached hydrogen (secondary N) is 2. The number of methoxy groups -OCH3 is 1. The van der Waals surface area contributed by atoms with Crippen LogP contribution < -0.4 is 25.2 Å². The van der Waals surface area contributed by atoms with Gasteiger partial charge in [-0.2, -0.15) is 4.98 Å². The minimum absolute atomic E-state index is 0.00827. The fourth-order valence-electron chi connectivity index (χ4n) is 3.95. The Morgan fingerprint density at radius 2 is 2.00 bits per heavy atom. The van der Waals surface area contributed by atoms with Crippen molar-refractivity contribution in [3.8, 4) is 11.5 Å². The molecule has 3 aromatic rings. The highest BCUT2D eigenvalue weighted by atomic mass is 16.5. The monoisotopic (exact) mass is 472 g/mol. The van der Waals surface area contributed by atoms with Gasteiger partial charge in [0.25, 0.3) is 0 Å². The van der Waals surface area contributed by atoms with Crippen LogP contribution in [0, 0.1) is 0 Å². The maximum Gasteiger partial charge on any atom is 0.330 e. The van der Waals surface area contributed by atoms with Crippen LogP contribution in [0.15, 0.2) is 61.3 Å². The minimum atomic E-state index is -0.334. The number of fused-ring (bicyclic) bond motifs is 1. The highest BCUT2D eigenvalue weighted by Crippen LogP contribution is 2.40. The lowest BCUT2D eigenvalue weighted by Gasteiger charge is -2.36. The lowest BCUT2D eigenvalue weighted by molar-refractivity contribution is -0.111. The number of ether oxygens (including phenoxy) is 1. The van der Waals surface area contributed by atoms with Crippen LogP contribution in [-0.4, -0.2) is 40.2 Å². The molecule has 5 rings (SSSR count). The predicted molar refractivity (Wildman–Crippen MR) is 132 cm³/mol. The summed E-state index contributed by atoms with van der Waals surface area (Å²) < 4.78 is 5.25. The zero-order valence-corrected chi connectivity index (χ0v) is 19.1. The lowest BCUT2D eigenvalue weighted by atomic mass is 10.1. The van der Waals surface area contributed by atoms with E-state index in [2.05, 4.69) is 27.2 Å². The molecular weight excluding hydrogens is 448 g/mol. The van der Waals surface area contributed by atoms with Gasteiger partial charge in [0.15, 0.2) is 0 Å². The number of carbonyl (C=O) groups is 2. The molecule has 1 aromatic heterocycles. The Bertz CT molecular complexity index is 1320.